The molecule has 1 aromatic rings. The standard InChI is InChI=1S/C12H18O/c1-4-10-7-8-11(5-2)12(9-10)13-6-3/h7-9H,4-6H2,1-3H3. The maximum absolute atomic E-state index is 5.57. The van der Waals surface area contributed by atoms with Crippen molar-refractivity contribution in [3.63, 3.8) is 0 Å². The molecule has 0 saturated heterocycles. The lowest BCUT2D eigenvalue weighted by Gasteiger charge is -2.09. The van der Waals surface area contributed by atoms with Crippen LogP contribution in [0.25, 0.3) is 0 Å². The summed E-state index contributed by atoms with van der Waals surface area (Å²) in [5.41, 5.74) is 2.65. The van der Waals surface area contributed by atoms with E-state index in [0.717, 1.165) is 25.2 Å². The molecule has 0 unspecified atom stereocenters. The van der Waals surface area contributed by atoms with Crippen LogP contribution in [0.2, 0.25) is 0 Å². The van der Waals surface area contributed by atoms with Gasteiger partial charge < -0.3 is 4.74 Å². The molecule has 1 nitrogen and oxygen atoms in total. The van der Waals surface area contributed by atoms with Crippen LogP contribution in [0.15, 0.2) is 18.2 Å². The Morgan fingerprint density at radius 2 is 1.85 bits per heavy atom. The Labute approximate surface area is 80.7 Å². The second-order valence-corrected chi connectivity index (χ2v) is 3.08. The van der Waals surface area contributed by atoms with E-state index in [2.05, 4.69) is 32.0 Å². The molecular formula is C12H18O. The van der Waals surface area contributed by atoms with E-state index >= 15 is 0 Å². The van der Waals surface area contributed by atoms with Crippen LogP contribution in [-0.4, -0.2) is 6.61 Å². The molecule has 0 aliphatic rings. The minimum absolute atomic E-state index is 0.750. The van der Waals surface area contributed by atoms with Gasteiger partial charge >= 0.3 is 0 Å². The largest absolute Gasteiger partial charge is 0.494 e. The molecule has 0 aliphatic heterocycles. The van der Waals surface area contributed by atoms with Gasteiger partial charge in [-0.15, -0.1) is 0 Å². The minimum atomic E-state index is 0.750. The predicted molar refractivity (Wildman–Crippen MR) is 56.4 cm³/mol. The van der Waals surface area contributed by atoms with Gasteiger partial charge in [0.2, 0.25) is 0 Å². The lowest BCUT2D eigenvalue weighted by atomic mass is 10.1. The molecule has 0 N–H and O–H groups in total. The van der Waals surface area contributed by atoms with Gasteiger partial charge in [0.1, 0.15) is 5.75 Å². The molecule has 0 bridgehead atoms. The van der Waals surface area contributed by atoms with Gasteiger partial charge in [0.25, 0.3) is 0 Å². The average molecular weight is 178 g/mol. The topological polar surface area (TPSA) is 9.23 Å². The van der Waals surface area contributed by atoms with E-state index in [0.29, 0.717) is 0 Å². The molecule has 1 rings (SSSR count). The van der Waals surface area contributed by atoms with Crippen LogP contribution < -0.4 is 4.74 Å². The van der Waals surface area contributed by atoms with Crippen molar-refractivity contribution in [2.24, 2.45) is 0 Å². The zero-order valence-electron chi connectivity index (χ0n) is 8.76. The molecule has 0 amide bonds. The summed E-state index contributed by atoms with van der Waals surface area (Å²) in [5, 5.41) is 0. The number of ether oxygens (including phenoxy) is 1. The van der Waals surface area contributed by atoms with Gasteiger partial charge in [-0.05, 0) is 37.0 Å². The van der Waals surface area contributed by atoms with Gasteiger partial charge in [-0.2, -0.15) is 0 Å². The molecule has 0 radical (unpaired) electrons. The van der Waals surface area contributed by atoms with Crippen LogP contribution in [0, 0.1) is 0 Å². The first kappa shape index (κ1) is 10.1. The molecule has 0 saturated carbocycles. The van der Waals surface area contributed by atoms with E-state index in [-0.39, 0.29) is 0 Å². The van der Waals surface area contributed by atoms with Crippen molar-refractivity contribution in [3.05, 3.63) is 29.3 Å². The van der Waals surface area contributed by atoms with Crippen molar-refractivity contribution in [2.45, 2.75) is 33.6 Å². The third-order valence-corrected chi connectivity index (χ3v) is 2.22. The predicted octanol–water partition coefficient (Wildman–Crippen LogP) is 3.21. The minimum Gasteiger partial charge on any atom is -0.494 e. The number of rotatable bonds is 4. The zero-order valence-corrected chi connectivity index (χ0v) is 8.76. The third kappa shape index (κ3) is 2.48. The highest BCUT2D eigenvalue weighted by molar-refractivity contribution is 5.37. The number of hydrogen-bond acceptors (Lipinski definition) is 1. The molecule has 1 aromatic carbocycles. The fourth-order valence-corrected chi connectivity index (χ4v) is 1.40. The Bertz CT molecular complexity index is 266. The lowest BCUT2D eigenvalue weighted by Crippen LogP contribution is -1.96. The van der Waals surface area contributed by atoms with Crippen LogP contribution in [0.3, 0.4) is 0 Å². The van der Waals surface area contributed by atoms with E-state index in [4.69, 9.17) is 4.74 Å². The number of hydrogen-bond donors (Lipinski definition) is 0. The SMILES string of the molecule is CCOc1cc(CC)ccc1CC. The van der Waals surface area contributed by atoms with Crippen LogP contribution >= 0.6 is 0 Å². The maximum Gasteiger partial charge on any atom is 0.122 e. The molecule has 0 fully saturated rings. The average Bonchev–Trinajstić information content (AvgIpc) is 2.18. The van der Waals surface area contributed by atoms with E-state index < -0.39 is 0 Å². The van der Waals surface area contributed by atoms with E-state index in [1.807, 2.05) is 6.92 Å². The Morgan fingerprint density at radius 1 is 1.08 bits per heavy atom. The van der Waals surface area contributed by atoms with Crippen molar-refractivity contribution in [1.29, 1.82) is 0 Å². The van der Waals surface area contributed by atoms with E-state index in [1.54, 1.807) is 0 Å². The first-order valence-electron chi connectivity index (χ1n) is 5.06. The molecule has 0 aliphatic carbocycles. The van der Waals surface area contributed by atoms with Gasteiger partial charge in [0, 0.05) is 0 Å². The lowest BCUT2D eigenvalue weighted by molar-refractivity contribution is 0.336. The van der Waals surface area contributed by atoms with Gasteiger partial charge in [-0.25, -0.2) is 0 Å². The molecule has 1 heteroatoms. The Balaban J connectivity index is 2.95. The van der Waals surface area contributed by atoms with Gasteiger partial charge in [-0.3, -0.25) is 0 Å². The molecular weight excluding hydrogens is 160 g/mol. The van der Waals surface area contributed by atoms with E-state index in [1.165, 1.54) is 11.1 Å². The van der Waals surface area contributed by atoms with Gasteiger partial charge in [-0.1, -0.05) is 26.0 Å². The van der Waals surface area contributed by atoms with Gasteiger partial charge in [0.05, 0.1) is 6.61 Å². The second-order valence-electron chi connectivity index (χ2n) is 3.08. The van der Waals surface area contributed by atoms with Crippen molar-refractivity contribution < 1.29 is 4.74 Å². The van der Waals surface area contributed by atoms with Crippen molar-refractivity contribution in [2.75, 3.05) is 6.61 Å². The highest BCUT2D eigenvalue weighted by Crippen LogP contribution is 2.21. The second kappa shape index (κ2) is 4.90. The number of aryl methyl sites for hydroxylation is 2. The fraction of sp³-hybridized carbons (Fsp3) is 0.500. The summed E-state index contributed by atoms with van der Waals surface area (Å²) in [6.07, 6.45) is 2.11. The van der Waals surface area contributed by atoms with Crippen molar-refractivity contribution in [1.82, 2.24) is 0 Å². The van der Waals surface area contributed by atoms with E-state index in [9.17, 15) is 0 Å². The van der Waals surface area contributed by atoms with Gasteiger partial charge in [0.15, 0.2) is 0 Å². The molecule has 0 aromatic heterocycles. The molecule has 0 atom stereocenters. The summed E-state index contributed by atoms with van der Waals surface area (Å²) in [7, 11) is 0. The Hall–Kier alpha value is -0.980. The molecule has 0 spiro atoms. The summed E-state index contributed by atoms with van der Waals surface area (Å²) in [4.78, 5) is 0. The Kier molecular flexibility index (Phi) is 3.81. The molecule has 13 heavy (non-hydrogen) atoms. The zero-order chi connectivity index (χ0) is 9.68. The molecule has 0 heterocycles. The summed E-state index contributed by atoms with van der Waals surface area (Å²) in [6.45, 7) is 7.10. The van der Waals surface area contributed by atoms with Crippen molar-refractivity contribution >= 4 is 0 Å². The molecule has 72 valence electrons. The normalized spacial score (nSPS) is 10.1. The first-order valence-corrected chi connectivity index (χ1v) is 5.06. The first-order chi connectivity index (χ1) is 6.31. The van der Waals surface area contributed by atoms with Crippen LogP contribution in [-0.2, 0) is 12.8 Å². The number of benzene rings is 1. The van der Waals surface area contributed by atoms with Crippen molar-refractivity contribution in [3.8, 4) is 5.75 Å². The summed E-state index contributed by atoms with van der Waals surface area (Å²) in [5.74, 6) is 1.06. The third-order valence-electron chi connectivity index (χ3n) is 2.22. The van der Waals surface area contributed by atoms with Crippen LogP contribution in [0.5, 0.6) is 5.75 Å². The maximum atomic E-state index is 5.57. The summed E-state index contributed by atoms with van der Waals surface area (Å²) in [6, 6.07) is 6.51. The van der Waals surface area contributed by atoms with Crippen LogP contribution in [0.4, 0.5) is 0 Å². The quantitative estimate of drug-likeness (QED) is 0.688. The highest BCUT2D eigenvalue weighted by Gasteiger charge is 2.01. The monoisotopic (exact) mass is 178 g/mol. The smallest absolute Gasteiger partial charge is 0.122 e. The summed E-state index contributed by atoms with van der Waals surface area (Å²) < 4.78 is 5.57. The van der Waals surface area contributed by atoms with Crippen LogP contribution in [0.1, 0.15) is 31.9 Å². The Morgan fingerprint density at radius 3 is 2.38 bits per heavy atom. The fourth-order valence-electron chi connectivity index (χ4n) is 1.40. The highest BCUT2D eigenvalue weighted by atomic mass is 16.5. The summed E-state index contributed by atoms with van der Waals surface area (Å²) >= 11 is 0.